The summed E-state index contributed by atoms with van der Waals surface area (Å²) in [4.78, 5) is 16.4. The molecule has 6 nitrogen and oxygen atoms in total. The van der Waals surface area contributed by atoms with E-state index in [1.807, 2.05) is 6.92 Å². The lowest BCUT2D eigenvalue weighted by Crippen LogP contribution is -2.36. The summed E-state index contributed by atoms with van der Waals surface area (Å²) in [6.45, 7) is 14.4. The van der Waals surface area contributed by atoms with Gasteiger partial charge in [-0.1, -0.05) is 25.9 Å². The second-order valence-electron chi connectivity index (χ2n) is 7.80. The minimum atomic E-state index is -0.0635. The molecule has 0 N–H and O–H groups in total. The van der Waals surface area contributed by atoms with Crippen LogP contribution in [-0.2, 0) is 5.41 Å². The average Bonchev–Trinajstić information content (AvgIpc) is 2.95. The van der Waals surface area contributed by atoms with Gasteiger partial charge in [0.25, 0.3) is 0 Å². The van der Waals surface area contributed by atoms with Crippen molar-refractivity contribution in [1.82, 2.24) is 20.1 Å². The summed E-state index contributed by atoms with van der Waals surface area (Å²) in [7, 11) is 0. The zero-order valence-electron chi connectivity index (χ0n) is 15.6. The fourth-order valence-corrected chi connectivity index (χ4v) is 3.11. The van der Waals surface area contributed by atoms with Crippen LogP contribution in [0, 0.1) is 20.8 Å². The topological polar surface area (TPSA) is 67.9 Å². The zero-order valence-corrected chi connectivity index (χ0v) is 15.6. The summed E-state index contributed by atoms with van der Waals surface area (Å²) in [5.74, 6) is 3.67. The number of hydrogen-bond donors (Lipinski definition) is 0. The van der Waals surface area contributed by atoms with E-state index in [0.717, 1.165) is 54.7 Å². The van der Waals surface area contributed by atoms with Crippen molar-refractivity contribution in [2.24, 2.45) is 0 Å². The predicted molar refractivity (Wildman–Crippen MR) is 93.4 cm³/mol. The predicted octanol–water partition coefficient (Wildman–Crippen LogP) is 3.47. The first-order valence-corrected chi connectivity index (χ1v) is 8.66. The largest absolute Gasteiger partial charge is 0.355 e. The molecule has 3 heterocycles. The molecule has 0 spiro atoms. The van der Waals surface area contributed by atoms with Crippen LogP contribution in [0.1, 0.15) is 68.3 Å². The number of rotatable bonds is 2. The third-order valence-corrected chi connectivity index (χ3v) is 4.65. The molecule has 2 aromatic rings. The second-order valence-corrected chi connectivity index (χ2v) is 7.80. The average molecular weight is 329 g/mol. The third kappa shape index (κ3) is 3.28. The van der Waals surface area contributed by atoms with Crippen LogP contribution >= 0.6 is 0 Å². The van der Waals surface area contributed by atoms with Crippen molar-refractivity contribution >= 4 is 5.82 Å². The van der Waals surface area contributed by atoms with Crippen LogP contribution in [0.25, 0.3) is 0 Å². The van der Waals surface area contributed by atoms with Crippen molar-refractivity contribution in [3.63, 3.8) is 0 Å². The van der Waals surface area contributed by atoms with E-state index in [0.29, 0.717) is 5.82 Å². The Labute approximate surface area is 143 Å². The Morgan fingerprint density at radius 2 is 1.83 bits per heavy atom. The summed E-state index contributed by atoms with van der Waals surface area (Å²) >= 11 is 0. The highest BCUT2D eigenvalue weighted by Gasteiger charge is 2.29. The Balaban J connectivity index is 1.92. The minimum absolute atomic E-state index is 0.0635. The van der Waals surface area contributed by atoms with Gasteiger partial charge in [0.1, 0.15) is 11.6 Å². The van der Waals surface area contributed by atoms with Crippen molar-refractivity contribution in [3.8, 4) is 0 Å². The van der Waals surface area contributed by atoms with E-state index in [9.17, 15) is 0 Å². The first-order chi connectivity index (χ1) is 11.3. The van der Waals surface area contributed by atoms with Gasteiger partial charge in [0, 0.05) is 29.8 Å². The molecule has 6 heteroatoms. The molecule has 0 saturated carbocycles. The fourth-order valence-electron chi connectivity index (χ4n) is 3.11. The van der Waals surface area contributed by atoms with E-state index >= 15 is 0 Å². The first kappa shape index (κ1) is 16.9. The molecule has 1 fully saturated rings. The summed E-state index contributed by atoms with van der Waals surface area (Å²) in [5, 5.41) is 3.94. The van der Waals surface area contributed by atoms with E-state index in [-0.39, 0.29) is 11.3 Å². The van der Waals surface area contributed by atoms with E-state index in [1.165, 1.54) is 0 Å². The quantitative estimate of drug-likeness (QED) is 0.840. The highest BCUT2D eigenvalue weighted by atomic mass is 16.5. The summed E-state index contributed by atoms with van der Waals surface area (Å²) in [6, 6.07) is 0. The maximum atomic E-state index is 5.40. The van der Waals surface area contributed by atoms with Gasteiger partial charge in [-0.3, -0.25) is 0 Å². The molecule has 3 rings (SSSR count). The molecule has 0 aliphatic carbocycles. The number of aryl methyl sites for hydroxylation is 2. The van der Waals surface area contributed by atoms with Gasteiger partial charge >= 0.3 is 0 Å². The fraction of sp³-hybridized carbons (Fsp3) is 0.667. The Morgan fingerprint density at radius 1 is 1.08 bits per heavy atom. The van der Waals surface area contributed by atoms with Gasteiger partial charge in [0.05, 0.1) is 5.92 Å². The standard InChI is InChI=1S/C18H27N5O/c1-11-12(2)19-17(18(4,5)6)21-15(11)23-9-7-8-14(10-23)16-20-13(3)22-24-16/h14H,7-10H2,1-6H3/t14-/m0/s1. The molecule has 0 unspecified atom stereocenters. The van der Waals surface area contributed by atoms with Crippen molar-refractivity contribution in [2.75, 3.05) is 18.0 Å². The maximum absolute atomic E-state index is 5.40. The van der Waals surface area contributed by atoms with Gasteiger partial charge in [0.15, 0.2) is 5.82 Å². The van der Waals surface area contributed by atoms with Gasteiger partial charge in [-0.2, -0.15) is 4.98 Å². The van der Waals surface area contributed by atoms with E-state index in [2.05, 4.69) is 49.7 Å². The third-order valence-electron chi connectivity index (χ3n) is 4.65. The van der Waals surface area contributed by atoms with Crippen molar-refractivity contribution in [2.45, 2.75) is 65.7 Å². The number of nitrogens with zero attached hydrogens (tertiary/aromatic N) is 5. The van der Waals surface area contributed by atoms with E-state index < -0.39 is 0 Å². The molecule has 0 aromatic carbocycles. The summed E-state index contributed by atoms with van der Waals surface area (Å²) in [5.41, 5.74) is 2.15. The zero-order chi connectivity index (χ0) is 17.5. The smallest absolute Gasteiger partial charge is 0.231 e. The molecule has 1 aliphatic heterocycles. The van der Waals surface area contributed by atoms with Gasteiger partial charge in [-0.05, 0) is 33.6 Å². The number of anilines is 1. The van der Waals surface area contributed by atoms with Crippen LogP contribution in [0.3, 0.4) is 0 Å². The normalized spacial score (nSPS) is 18.9. The first-order valence-electron chi connectivity index (χ1n) is 8.66. The lowest BCUT2D eigenvalue weighted by Gasteiger charge is -2.34. The maximum Gasteiger partial charge on any atom is 0.231 e. The Bertz CT molecular complexity index is 731. The second kappa shape index (κ2) is 6.15. The lowest BCUT2D eigenvalue weighted by molar-refractivity contribution is 0.330. The SMILES string of the molecule is Cc1noc([C@H]2CCCN(c3nc(C(C)(C)C)nc(C)c3C)C2)n1. The number of aromatic nitrogens is 4. The summed E-state index contributed by atoms with van der Waals surface area (Å²) in [6.07, 6.45) is 2.17. The Hall–Kier alpha value is -1.98. The molecule has 1 aliphatic rings. The van der Waals surface area contributed by atoms with E-state index in [4.69, 9.17) is 14.5 Å². The van der Waals surface area contributed by atoms with Crippen molar-refractivity contribution < 1.29 is 4.52 Å². The minimum Gasteiger partial charge on any atom is -0.355 e. The highest BCUT2D eigenvalue weighted by molar-refractivity contribution is 5.49. The molecule has 24 heavy (non-hydrogen) atoms. The molecule has 0 radical (unpaired) electrons. The summed E-state index contributed by atoms with van der Waals surface area (Å²) < 4.78 is 5.40. The molecule has 1 atom stereocenters. The van der Waals surface area contributed by atoms with Crippen LogP contribution in [-0.4, -0.2) is 33.2 Å². The molecule has 0 amide bonds. The molecule has 1 saturated heterocycles. The number of piperidine rings is 1. The highest BCUT2D eigenvalue weighted by Crippen LogP contribution is 2.31. The van der Waals surface area contributed by atoms with Crippen LogP contribution in [0.4, 0.5) is 5.82 Å². The Morgan fingerprint density at radius 3 is 2.46 bits per heavy atom. The van der Waals surface area contributed by atoms with Crippen LogP contribution < -0.4 is 4.90 Å². The van der Waals surface area contributed by atoms with Gasteiger partial charge in [-0.25, -0.2) is 9.97 Å². The van der Waals surface area contributed by atoms with Crippen LogP contribution in [0.15, 0.2) is 4.52 Å². The molecular weight excluding hydrogens is 302 g/mol. The number of hydrogen-bond acceptors (Lipinski definition) is 6. The Kier molecular flexibility index (Phi) is 4.32. The lowest BCUT2D eigenvalue weighted by atomic mass is 9.94. The molecule has 130 valence electrons. The van der Waals surface area contributed by atoms with E-state index in [1.54, 1.807) is 0 Å². The van der Waals surface area contributed by atoms with Gasteiger partial charge < -0.3 is 9.42 Å². The van der Waals surface area contributed by atoms with Crippen molar-refractivity contribution in [3.05, 3.63) is 28.8 Å². The molecule has 2 aromatic heterocycles. The monoisotopic (exact) mass is 329 g/mol. The van der Waals surface area contributed by atoms with Crippen LogP contribution in [0.2, 0.25) is 0 Å². The van der Waals surface area contributed by atoms with Gasteiger partial charge in [0.2, 0.25) is 5.89 Å². The molecule has 0 bridgehead atoms. The van der Waals surface area contributed by atoms with Gasteiger partial charge in [-0.15, -0.1) is 0 Å². The van der Waals surface area contributed by atoms with Crippen molar-refractivity contribution in [1.29, 1.82) is 0 Å². The molecular formula is C18H27N5O. The van der Waals surface area contributed by atoms with Crippen LogP contribution in [0.5, 0.6) is 0 Å².